The molecule has 0 spiro atoms. The Bertz CT molecular complexity index is 635. The van der Waals surface area contributed by atoms with Crippen molar-refractivity contribution in [3.8, 4) is 11.8 Å². The van der Waals surface area contributed by atoms with Gasteiger partial charge < -0.3 is 20.1 Å². The second-order valence-corrected chi connectivity index (χ2v) is 4.49. The monoisotopic (exact) mass is 287 g/mol. The molecule has 1 aromatic heterocycles. The zero-order chi connectivity index (χ0) is 14.7. The molecule has 0 amide bonds. The summed E-state index contributed by atoms with van der Waals surface area (Å²) in [7, 11) is 1.75. The molecule has 1 aliphatic rings. The summed E-state index contributed by atoms with van der Waals surface area (Å²) in [5, 5.41) is 6.16. The molecule has 2 N–H and O–H groups in total. The summed E-state index contributed by atoms with van der Waals surface area (Å²) in [5.74, 6) is 1.81. The van der Waals surface area contributed by atoms with Crippen molar-refractivity contribution in [1.29, 1.82) is 0 Å². The van der Waals surface area contributed by atoms with Crippen molar-refractivity contribution in [3.63, 3.8) is 0 Å². The fourth-order valence-corrected chi connectivity index (χ4v) is 2.16. The molecule has 7 heteroatoms. The average molecular weight is 287 g/mol. The van der Waals surface area contributed by atoms with E-state index in [2.05, 4.69) is 25.6 Å². The number of nitrogens with zero attached hydrogens (tertiary/aromatic N) is 3. The van der Waals surface area contributed by atoms with Gasteiger partial charge in [0.15, 0.2) is 0 Å². The topological polar surface area (TPSA) is 81.2 Å². The number of para-hydroxylation sites is 1. The van der Waals surface area contributed by atoms with E-state index in [1.807, 2.05) is 31.2 Å². The molecule has 7 nitrogen and oxygen atoms in total. The minimum absolute atomic E-state index is 0.0165. The largest absolute Gasteiger partial charge is 0.491 e. The van der Waals surface area contributed by atoms with Gasteiger partial charge in [0.05, 0.1) is 12.6 Å². The summed E-state index contributed by atoms with van der Waals surface area (Å²) >= 11 is 0. The van der Waals surface area contributed by atoms with Crippen LogP contribution in [0, 0.1) is 0 Å². The number of anilines is 2. The van der Waals surface area contributed by atoms with Crippen LogP contribution in [0.3, 0.4) is 0 Å². The van der Waals surface area contributed by atoms with Crippen LogP contribution in [0.25, 0.3) is 0 Å². The lowest BCUT2D eigenvalue weighted by Crippen LogP contribution is -2.15. The third-order valence-corrected chi connectivity index (χ3v) is 3.12. The van der Waals surface area contributed by atoms with E-state index in [1.54, 1.807) is 7.05 Å². The third-order valence-electron chi connectivity index (χ3n) is 3.12. The van der Waals surface area contributed by atoms with E-state index in [1.165, 1.54) is 0 Å². The van der Waals surface area contributed by atoms with E-state index in [0.717, 1.165) is 11.3 Å². The molecule has 0 saturated heterocycles. The lowest BCUT2D eigenvalue weighted by atomic mass is 10.1. The summed E-state index contributed by atoms with van der Waals surface area (Å²) in [6, 6.07) is 8.24. The lowest BCUT2D eigenvalue weighted by molar-refractivity contribution is 0.312. The maximum absolute atomic E-state index is 5.64. The third kappa shape index (κ3) is 2.81. The number of aromatic nitrogens is 3. The van der Waals surface area contributed by atoms with E-state index in [9.17, 15) is 0 Å². The van der Waals surface area contributed by atoms with Gasteiger partial charge in [-0.3, -0.25) is 0 Å². The highest BCUT2D eigenvalue weighted by atomic mass is 16.5. The first-order valence-electron chi connectivity index (χ1n) is 6.85. The van der Waals surface area contributed by atoms with Crippen LogP contribution in [0.4, 0.5) is 11.9 Å². The summed E-state index contributed by atoms with van der Waals surface area (Å²) < 4.78 is 11.0. The second-order valence-electron chi connectivity index (χ2n) is 4.49. The molecule has 0 bridgehead atoms. The van der Waals surface area contributed by atoms with E-state index in [4.69, 9.17) is 9.47 Å². The van der Waals surface area contributed by atoms with Crippen molar-refractivity contribution in [2.24, 2.45) is 0 Å². The molecule has 2 aromatic rings. The SMILES string of the molecule is CCOc1nc(NC)nc(NC2COc3ccccc32)n1. The first-order chi connectivity index (χ1) is 10.3. The molecule has 110 valence electrons. The molecule has 21 heavy (non-hydrogen) atoms. The molecule has 1 unspecified atom stereocenters. The van der Waals surface area contributed by atoms with Gasteiger partial charge in [0.2, 0.25) is 11.9 Å². The van der Waals surface area contributed by atoms with E-state index >= 15 is 0 Å². The van der Waals surface area contributed by atoms with Gasteiger partial charge in [0, 0.05) is 12.6 Å². The van der Waals surface area contributed by atoms with Crippen molar-refractivity contribution in [2.75, 3.05) is 30.9 Å². The molecule has 1 aromatic carbocycles. The number of ether oxygens (including phenoxy) is 2. The normalized spacial score (nSPS) is 16.0. The molecular formula is C14H17N5O2. The lowest BCUT2D eigenvalue weighted by Gasteiger charge is -2.13. The Labute approximate surface area is 122 Å². The van der Waals surface area contributed by atoms with E-state index in [-0.39, 0.29) is 6.04 Å². The van der Waals surface area contributed by atoms with Gasteiger partial charge in [-0.15, -0.1) is 0 Å². The first-order valence-corrected chi connectivity index (χ1v) is 6.85. The Morgan fingerprint density at radius 1 is 1.24 bits per heavy atom. The quantitative estimate of drug-likeness (QED) is 0.868. The number of fused-ring (bicyclic) bond motifs is 1. The Morgan fingerprint density at radius 3 is 2.86 bits per heavy atom. The number of rotatable bonds is 5. The Hall–Kier alpha value is -2.57. The zero-order valence-electron chi connectivity index (χ0n) is 12.0. The Balaban J connectivity index is 1.83. The fraction of sp³-hybridized carbons (Fsp3) is 0.357. The van der Waals surface area contributed by atoms with Crippen molar-refractivity contribution < 1.29 is 9.47 Å². The highest BCUT2D eigenvalue weighted by Gasteiger charge is 2.24. The van der Waals surface area contributed by atoms with Gasteiger partial charge in [-0.1, -0.05) is 18.2 Å². The minimum atomic E-state index is 0.0165. The van der Waals surface area contributed by atoms with Gasteiger partial charge in [-0.05, 0) is 13.0 Å². The van der Waals surface area contributed by atoms with Gasteiger partial charge in [0.1, 0.15) is 12.4 Å². The predicted octanol–water partition coefficient (Wildman–Crippen LogP) is 1.86. The first kappa shape index (κ1) is 13.4. The molecular weight excluding hydrogens is 270 g/mol. The predicted molar refractivity (Wildman–Crippen MR) is 78.8 cm³/mol. The highest BCUT2D eigenvalue weighted by molar-refractivity contribution is 5.45. The number of benzene rings is 1. The highest BCUT2D eigenvalue weighted by Crippen LogP contribution is 2.33. The number of hydrogen-bond acceptors (Lipinski definition) is 7. The molecule has 3 rings (SSSR count). The zero-order valence-corrected chi connectivity index (χ0v) is 12.0. The Morgan fingerprint density at radius 2 is 2.05 bits per heavy atom. The van der Waals surface area contributed by atoms with Crippen LogP contribution in [0.5, 0.6) is 11.8 Å². The van der Waals surface area contributed by atoms with Crippen LogP contribution in [0.15, 0.2) is 24.3 Å². The molecule has 2 heterocycles. The van der Waals surface area contributed by atoms with Crippen LogP contribution >= 0.6 is 0 Å². The van der Waals surface area contributed by atoms with Crippen LogP contribution in [-0.4, -0.2) is 35.2 Å². The van der Waals surface area contributed by atoms with Gasteiger partial charge in [0.25, 0.3) is 0 Å². The standard InChI is InChI=1S/C14H17N5O2/c1-3-20-14-18-12(15-2)17-13(19-14)16-10-8-21-11-7-5-4-6-9(10)11/h4-7,10H,3,8H2,1-2H3,(H2,15,16,17,18,19). The van der Waals surface area contributed by atoms with E-state index < -0.39 is 0 Å². The van der Waals surface area contributed by atoms with Crippen LogP contribution in [-0.2, 0) is 0 Å². The summed E-state index contributed by atoms with van der Waals surface area (Å²) in [5.41, 5.74) is 1.10. The smallest absolute Gasteiger partial charge is 0.323 e. The average Bonchev–Trinajstić information content (AvgIpc) is 2.91. The number of hydrogen-bond donors (Lipinski definition) is 2. The maximum atomic E-state index is 5.64. The molecule has 1 aliphatic heterocycles. The second kappa shape index (κ2) is 5.82. The summed E-state index contributed by atoms with van der Waals surface area (Å²) in [6.07, 6.45) is 0. The van der Waals surface area contributed by atoms with Crippen LogP contribution < -0.4 is 20.1 Å². The Kier molecular flexibility index (Phi) is 3.72. The fourth-order valence-electron chi connectivity index (χ4n) is 2.16. The molecule has 0 fully saturated rings. The van der Waals surface area contributed by atoms with Gasteiger partial charge >= 0.3 is 6.01 Å². The van der Waals surface area contributed by atoms with Crippen molar-refractivity contribution in [1.82, 2.24) is 15.0 Å². The molecule has 0 aliphatic carbocycles. The van der Waals surface area contributed by atoms with Crippen LogP contribution in [0.1, 0.15) is 18.5 Å². The number of nitrogens with one attached hydrogen (secondary N) is 2. The molecule has 0 saturated carbocycles. The van der Waals surface area contributed by atoms with Gasteiger partial charge in [-0.25, -0.2) is 0 Å². The molecule has 0 radical (unpaired) electrons. The maximum Gasteiger partial charge on any atom is 0.323 e. The van der Waals surface area contributed by atoms with Gasteiger partial charge in [-0.2, -0.15) is 15.0 Å². The van der Waals surface area contributed by atoms with E-state index in [0.29, 0.717) is 31.1 Å². The van der Waals surface area contributed by atoms with Crippen LogP contribution in [0.2, 0.25) is 0 Å². The summed E-state index contributed by atoms with van der Waals surface area (Å²) in [6.45, 7) is 2.93. The van der Waals surface area contributed by atoms with Crippen molar-refractivity contribution in [3.05, 3.63) is 29.8 Å². The summed E-state index contributed by atoms with van der Waals surface area (Å²) in [4.78, 5) is 12.7. The minimum Gasteiger partial charge on any atom is -0.491 e. The van der Waals surface area contributed by atoms with Crippen molar-refractivity contribution in [2.45, 2.75) is 13.0 Å². The molecule has 1 atom stereocenters. The van der Waals surface area contributed by atoms with Crippen molar-refractivity contribution >= 4 is 11.9 Å².